The second-order valence-corrected chi connectivity index (χ2v) is 6.02. The number of nitrogens with zero attached hydrogens (tertiary/aromatic N) is 6. The van der Waals surface area contributed by atoms with E-state index < -0.39 is 0 Å². The van der Waals surface area contributed by atoms with E-state index in [9.17, 15) is 0 Å². The van der Waals surface area contributed by atoms with Gasteiger partial charge in [0, 0.05) is 5.56 Å². The number of hydrogen-bond donors (Lipinski definition) is 2. The third-order valence-electron chi connectivity index (χ3n) is 4.27. The summed E-state index contributed by atoms with van der Waals surface area (Å²) in [7, 11) is 0. The molecule has 3 heterocycles. The Hall–Kier alpha value is -2.87. The second-order valence-electron chi connectivity index (χ2n) is 6.02. The zero-order valence-corrected chi connectivity index (χ0v) is 13.8. The Morgan fingerprint density at radius 3 is 2.80 bits per heavy atom. The summed E-state index contributed by atoms with van der Waals surface area (Å²) < 4.78 is 1.97. The number of piperidine rings is 1. The van der Waals surface area contributed by atoms with Crippen LogP contribution >= 0.6 is 0 Å². The third kappa shape index (κ3) is 3.80. The summed E-state index contributed by atoms with van der Waals surface area (Å²) in [5.41, 5.74) is 1.84. The normalized spacial score (nSPS) is 15.2. The van der Waals surface area contributed by atoms with Crippen molar-refractivity contribution in [3.8, 4) is 11.4 Å². The highest BCUT2D eigenvalue weighted by Crippen LogP contribution is 2.17. The van der Waals surface area contributed by atoms with Crippen LogP contribution < -0.4 is 10.6 Å². The molecule has 1 fully saturated rings. The van der Waals surface area contributed by atoms with Gasteiger partial charge in [-0.3, -0.25) is 0 Å². The van der Waals surface area contributed by atoms with Crippen molar-refractivity contribution in [1.29, 1.82) is 0 Å². The Kier molecular flexibility index (Phi) is 4.60. The van der Waals surface area contributed by atoms with Gasteiger partial charge in [0.2, 0.25) is 5.95 Å². The third-order valence-corrected chi connectivity index (χ3v) is 4.27. The lowest BCUT2D eigenvalue weighted by molar-refractivity contribution is 0.337. The van der Waals surface area contributed by atoms with E-state index in [1.54, 1.807) is 0 Å². The molecule has 0 aliphatic carbocycles. The molecule has 8 nitrogen and oxygen atoms in total. The highest BCUT2D eigenvalue weighted by molar-refractivity contribution is 5.55. The molecular weight excluding hydrogens is 316 g/mol. The van der Waals surface area contributed by atoms with Crippen molar-refractivity contribution >= 4 is 5.95 Å². The first kappa shape index (κ1) is 15.6. The molecule has 1 aromatic carbocycles. The lowest BCUT2D eigenvalue weighted by atomic mass is 10.1. The summed E-state index contributed by atoms with van der Waals surface area (Å²) in [6, 6.07) is 10.3. The SMILES string of the molecule is c1ccc(-c2ncnc(NCc3cn(C4CCNCC4)nn3)n2)cc1. The summed E-state index contributed by atoms with van der Waals surface area (Å²) in [4.78, 5) is 12.9. The minimum atomic E-state index is 0.435. The Morgan fingerprint density at radius 2 is 1.96 bits per heavy atom. The molecule has 0 radical (unpaired) electrons. The Labute approximate surface area is 145 Å². The van der Waals surface area contributed by atoms with Crippen LogP contribution in [-0.2, 0) is 6.54 Å². The quantitative estimate of drug-likeness (QED) is 0.732. The van der Waals surface area contributed by atoms with E-state index in [-0.39, 0.29) is 0 Å². The van der Waals surface area contributed by atoms with E-state index in [1.807, 2.05) is 41.2 Å². The van der Waals surface area contributed by atoms with E-state index >= 15 is 0 Å². The van der Waals surface area contributed by atoms with Gasteiger partial charge in [0.25, 0.3) is 0 Å². The predicted molar refractivity (Wildman–Crippen MR) is 93.8 cm³/mol. The highest BCUT2D eigenvalue weighted by Gasteiger charge is 2.16. The van der Waals surface area contributed by atoms with Gasteiger partial charge >= 0.3 is 0 Å². The zero-order valence-electron chi connectivity index (χ0n) is 13.8. The van der Waals surface area contributed by atoms with E-state index in [2.05, 4.69) is 35.9 Å². The zero-order chi connectivity index (χ0) is 16.9. The van der Waals surface area contributed by atoms with E-state index in [0.717, 1.165) is 37.2 Å². The molecule has 0 unspecified atom stereocenters. The Balaban J connectivity index is 1.41. The average molecular weight is 336 g/mol. The van der Waals surface area contributed by atoms with Gasteiger partial charge in [-0.15, -0.1) is 5.10 Å². The van der Waals surface area contributed by atoms with Crippen molar-refractivity contribution < 1.29 is 0 Å². The summed E-state index contributed by atoms with van der Waals surface area (Å²) in [6.45, 7) is 2.60. The van der Waals surface area contributed by atoms with Crippen molar-refractivity contribution in [2.75, 3.05) is 18.4 Å². The summed E-state index contributed by atoms with van der Waals surface area (Å²) in [6.07, 6.45) is 5.69. The second kappa shape index (κ2) is 7.35. The standard InChI is InChI=1S/C17H20N8/c1-2-4-13(5-3-1)16-20-12-21-17(22-16)19-10-14-11-25(24-23-14)15-6-8-18-9-7-15/h1-5,11-12,15,18H,6-10H2,(H,19,20,21,22). The van der Waals surface area contributed by atoms with Crippen LogP contribution in [0.4, 0.5) is 5.95 Å². The average Bonchev–Trinajstić information content (AvgIpc) is 3.17. The maximum Gasteiger partial charge on any atom is 0.226 e. The van der Waals surface area contributed by atoms with Gasteiger partial charge in [0.1, 0.15) is 12.0 Å². The fourth-order valence-corrected chi connectivity index (χ4v) is 2.92. The van der Waals surface area contributed by atoms with Crippen LogP contribution in [0.1, 0.15) is 24.6 Å². The summed E-state index contributed by atoms with van der Waals surface area (Å²) in [5.74, 6) is 1.18. The van der Waals surface area contributed by atoms with E-state index in [1.165, 1.54) is 6.33 Å². The maximum atomic E-state index is 4.46. The minimum absolute atomic E-state index is 0.435. The van der Waals surface area contributed by atoms with Crippen LogP contribution in [0.3, 0.4) is 0 Å². The first-order valence-corrected chi connectivity index (χ1v) is 8.48. The van der Waals surface area contributed by atoms with E-state index in [4.69, 9.17) is 0 Å². The van der Waals surface area contributed by atoms with Gasteiger partial charge in [-0.2, -0.15) is 4.98 Å². The number of hydrogen-bond acceptors (Lipinski definition) is 7. The Bertz CT molecular complexity index is 810. The Morgan fingerprint density at radius 1 is 1.12 bits per heavy atom. The van der Waals surface area contributed by atoms with Crippen molar-refractivity contribution in [2.45, 2.75) is 25.4 Å². The molecule has 0 bridgehead atoms. The lowest BCUT2D eigenvalue weighted by Crippen LogP contribution is -2.29. The fraction of sp³-hybridized carbons (Fsp3) is 0.353. The van der Waals surface area contributed by atoms with Crippen molar-refractivity contribution in [3.05, 3.63) is 48.5 Å². The topological polar surface area (TPSA) is 93.4 Å². The molecule has 2 N–H and O–H groups in total. The largest absolute Gasteiger partial charge is 0.348 e. The van der Waals surface area contributed by atoms with Gasteiger partial charge in [-0.05, 0) is 25.9 Å². The number of benzene rings is 1. The molecule has 0 saturated carbocycles. The number of anilines is 1. The molecule has 0 amide bonds. The molecule has 4 rings (SSSR count). The lowest BCUT2D eigenvalue weighted by Gasteiger charge is -2.22. The van der Waals surface area contributed by atoms with E-state index in [0.29, 0.717) is 24.4 Å². The van der Waals surface area contributed by atoms with Gasteiger partial charge in [-0.1, -0.05) is 35.5 Å². The number of rotatable bonds is 5. The van der Waals surface area contributed by atoms with Crippen LogP contribution in [0, 0.1) is 0 Å². The monoisotopic (exact) mass is 336 g/mol. The maximum absolute atomic E-state index is 4.46. The molecule has 1 aliphatic heterocycles. The van der Waals surface area contributed by atoms with Crippen LogP contribution in [0.15, 0.2) is 42.9 Å². The first-order valence-electron chi connectivity index (χ1n) is 8.48. The molecule has 2 aromatic heterocycles. The number of aromatic nitrogens is 6. The molecule has 25 heavy (non-hydrogen) atoms. The van der Waals surface area contributed by atoms with Crippen LogP contribution in [-0.4, -0.2) is 43.0 Å². The smallest absolute Gasteiger partial charge is 0.226 e. The van der Waals surface area contributed by atoms with Crippen LogP contribution in [0.25, 0.3) is 11.4 Å². The van der Waals surface area contributed by atoms with Gasteiger partial charge in [0.15, 0.2) is 5.82 Å². The van der Waals surface area contributed by atoms with Gasteiger partial charge in [-0.25, -0.2) is 14.6 Å². The molecule has 3 aromatic rings. The predicted octanol–water partition coefficient (Wildman–Crippen LogP) is 1.67. The summed E-state index contributed by atoms with van der Waals surface area (Å²) in [5, 5.41) is 15.1. The molecule has 1 aliphatic rings. The first-order chi connectivity index (χ1) is 12.4. The van der Waals surface area contributed by atoms with Crippen molar-refractivity contribution in [1.82, 2.24) is 35.3 Å². The van der Waals surface area contributed by atoms with Crippen LogP contribution in [0.5, 0.6) is 0 Å². The molecule has 0 spiro atoms. The van der Waals surface area contributed by atoms with Crippen LogP contribution in [0.2, 0.25) is 0 Å². The molecule has 8 heteroatoms. The highest BCUT2D eigenvalue weighted by atomic mass is 15.4. The molecule has 0 atom stereocenters. The fourth-order valence-electron chi connectivity index (χ4n) is 2.92. The van der Waals surface area contributed by atoms with Crippen molar-refractivity contribution in [3.63, 3.8) is 0 Å². The van der Waals surface area contributed by atoms with Gasteiger partial charge < -0.3 is 10.6 Å². The molecule has 1 saturated heterocycles. The summed E-state index contributed by atoms with van der Waals surface area (Å²) >= 11 is 0. The van der Waals surface area contributed by atoms with Gasteiger partial charge in [0.05, 0.1) is 18.8 Å². The van der Waals surface area contributed by atoms with Crippen molar-refractivity contribution in [2.24, 2.45) is 0 Å². The molecule has 128 valence electrons. The minimum Gasteiger partial charge on any atom is -0.348 e. The molecular formula is C17H20N8. The number of nitrogens with one attached hydrogen (secondary N) is 2.